The average Bonchev–Trinajstić information content (AvgIpc) is 2.36. The van der Waals surface area contributed by atoms with E-state index in [1.807, 2.05) is 0 Å². The molecule has 1 aromatic carbocycles. The third-order valence-electron chi connectivity index (χ3n) is 2.34. The van der Waals surface area contributed by atoms with Crippen molar-refractivity contribution < 1.29 is 23.4 Å². The second kappa shape index (κ2) is 5.70. The zero-order chi connectivity index (χ0) is 13.0. The van der Waals surface area contributed by atoms with Gasteiger partial charge in [0.1, 0.15) is 12.1 Å². The molecule has 0 amide bonds. The fraction of sp³-hybridized carbons (Fsp3) is 0.364. The van der Waals surface area contributed by atoms with Gasteiger partial charge in [-0.25, -0.2) is 8.78 Å². The van der Waals surface area contributed by atoms with Crippen molar-refractivity contribution in [2.75, 3.05) is 7.11 Å². The minimum atomic E-state index is -2.57. The summed E-state index contributed by atoms with van der Waals surface area (Å²) in [7, 11) is 1.15. The number of carbonyl (C=O) groups excluding carboxylic acids is 1. The third-order valence-corrected chi connectivity index (χ3v) is 2.34. The van der Waals surface area contributed by atoms with Crippen molar-refractivity contribution in [2.45, 2.75) is 18.6 Å². The lowest BCUT2D eigenvalue weighted by Gasteiger charge is -2.17. The molecule has 0 heterocycles. The topological polar surface area (TPSA) is 72.5 Å². The summed E-state index contributed by atoms with van der Waals surface area (Å²) in [5.41, 5.74) is 5.55. The fourth-order valence-electron chi connectivity index (χ4n) is 1.31. The van der Waals surface area contributed by atoms with Crippen molar-refractivity contribution >= 4 is 5.97 Å². The number of aliphatic hydroxyl groups excluding tert-OH is 1. The summed E-state index contributed by atoms with van der Waals surface area (Å²) >= 11 is 0. The molecule has 0 spiro atoms. The largest absolute Gasteiger partial charge is 0.468 e. The molecule has 3 N–H and O–H groups in total. The summed E-state index contributed by atoms with van der Waals surface area (Å²) in [6.45, 7) is 0. The Morgan fingerprint density at radius 2 is 1.76 bits per heavy atom. The number of aliphatic hydroxyl groups is 1. The molecule has 0 saturated carbocycles. The molecule has 0 unspecified atom stereocenters. The van der Waals surface area contributed by atoms with E-state index in [0.717, 1.165) is 7.11 Å². The number of rotatable bonds is 4. The minimum absolute atomic E-state index is 0.160. The monoisotopic (exact) mass is 245 g/mol. The van der Waals surface area contributed by atoms with Gasteiger partial charge in [0.2, 0.25) is 0 Å². The third kappa shape index (κ3) is 3.21. The lowest BCUT2D eigenvalue weighted by atomic mass is 10.0. The molecule has 0 saturated heterocycles. The van der Waals surface area contributed by atoms with E-state index in [2.05, 4.69) is 4.74 Å². The van der Waals surface area contributed by atoms with E-state index in [9.17, 15) is 18.7 Å². The van der Waals surface area contributed by atoms with Gasteiger partial charge in [-0.3, -0.25) is 4.79 Å². The van der Waals surface area contributed by atoms with Gasteiger partial charge in [0.15, 0.2) is 0 Å². The van der Waals surface area contributed by atoms with Gasteiger partial charge in [-0.15, -0.1) is 0 Å². The van der Waals surface area contributed by atoms with E-state index >= 15 is 0 Å². The van der Waals surface area contributed by atoms with E-state index in [1.165, 1.54) is 24.3 Å². The molecule has 6 heteroatoms. The lowest BCUT2D eigenvalue weighted by molar-refractivity contribution is -0.145. The number of hydrogen-bond acceptors (Lipinski definition) is 4. The number of ether oxygens (including phenoxy) is 1. The maximum absolute atomic E-state index is 12.3. The summed E-state index contributed by atoms with van der Waals surface area (Å²) in [6.07, 6.45) is -3.86. The summed E-state index contributed by atoms with van der Waals surface area (Å²) < 4.78 is 28.9. The first-order chi connectivity index (χ1) is 7.97. The first kappa shape index (κ1) is 13.5. The highest BCUT2D eigenvalue weighted by molar-refractivity contribution is 5.76. The van der Waals surface area contributed by atoms with Crippen molar-refractivity contribution in [3.63, 3.8) is 0 Å². The maximum Gasteiger partial charge on any atom is 0.325 e. The molecule has 17 heavy (non-hydrogen) atoms. The number of halogens is 2. The molecule has 2 atom stereocenters. The molecule has 0 bridgehead atoms. The molecule has 0 aliphatic rings. The Labute approximate surface area is 97.0 Å². The van der Waals surface area contributed by atoms with Crippen LogP contribution in [0.5, 0.6) is 0 Å². The Morgan fingerprint density at radius 3 is 2.18 bits per heavy atom. The van der Waals surface area contributed by atoms with Crippen LogP contribution in [0.4, 0.5) is 8.78 Å². The van der Waals surface area contributed by atoms with Gasteiger partial charge in [0.05, 0.1) is 7.11 Å². The van der Waals surface area contributed by atoms with E-state index in [0.29, 0.717) is 0 Å². The van der Waals surface area contributed by atoms with Crippen LogP contribution in [-0.2, 0) is 9.53 Å². The predicted molar refractivity (Wildman–Crippen MR) is 56.4 cm³/mol. The van der Waals surface area contributed by atoms with E-state index < -0.39 is 24.5 Å². The number of esters is 1. The molecule has 1 rings (SSSR count). The summed E-state index contributed by atoms with van der Waals surface area (Å²) in [5, 5.41) is 9.71. The van der Waals surface area contributed by atoms with Crippen molar-refractivity contribution in [3.8, 4) is 0 Å². The molecule has 0 aromatic heterocycles. The molecule has 94 valence electrons. The van der Waals surface area contributed by atoms with Gasteiger partial charge in [0, 0.05) is 5.56 Å². The van der Waals surface area contributed by atoms with Gasteiger partial charge in [-0.05, 0) is 5.56 Å². The first-order valence-corrected chi connectivity index (χ1v) is 4.87. The molecule has 0 aliphatic carbocycles. The van der Waals surface area contributed by atoms with Crippen LogP contribution in [0.15, 0.2) is 24.3 Å². The Morgan fingerprint density at radius 1 is 1.29 bits per heavy atom. The number of nitrogens with two attached hydrogens (primary N) is 1. The zero-order valence-electron chi connectivity index (χ0n) is 9.14. The van der Waals surface area contributed by atoms with Crippen LogP contribution < -0.4 is 5.73 Å². The second-order valence-electron chi connectivity index (χ2n) is 3.46. The van der Waals surface area contributed by atoms with Crippen LogP contribution in [0.2, 0.25) is 0 Å². The number of hydrogen-bond donors (Lipinski definition) is 2. The Hall–Kier alpha value is -1.53. The van der Waals surface area contributed by atoms with Crippen molar-refractivity contribution in [3.05, 3.63) is 35.4 Å². The highest BCUT2D eigenvalue weighted by Gasteiger charge is 2.24. The van der Waals surface area contributed by atoms with Gasteiger partial charge < -0.3 is 15.6 Å². The van der Waals surface area contributed by atoms with Crippen LogP contribution >= 0.6 is 0 Å². The summed E-state index contributed by atoms with van der Waals surface area (Å²) in [6, 6.07) is 3.71. The van der Waals surface area contributed by atoms with Crippen LogP contribution in [0.1, 0.15) is 23.7 Å². The molecular formula is C11H13F2NO3. The van der Waals surface area contributed by atoms with Crippen LogP contribution in [0.3, 0.4) is 0 Å². The van der Waals surface area contributed by atoms with Gasteiger partial charge in [0.25, 0.3) is 6.43 Å². The van der Waals surface area contributed by atoms with Crippen molar-refractivity contribution in [2.24, 2.45) is 5.73 Å². The number of alkyl halides is 2. The van der Waals surface area contributed by atoms with Crippen LogP contribution in [0, 0.1) is 0 Å². The molecule has 1 aromatic rings. The lowest BCUT2D eigenvalue weighted by Crippen LogP contribution is -2.37. The van der Waals surface area contributed by atoms with Crippen molar-refractivity contribution in [1.29, 1.82) is 0 Å². The molecule has 4 nitrogen and oxygen atoms in total. The molecule has 0 radical (unpaired) electrons. The Kier molecular flexibility index (Phi) is 4.53. The highest BCUT2D eigenvalue weighted by Crippen LogP contribution is 2.22. The zero-order valence-corrected chi connectivity index (χ0v) is 9.14. The standard InChI is InChI=1S/C11H13F2NO3/c1-17-11(16)8(14)9(15)6-2-4-7(5-3-6)10(12)13/h2-5,8-10,15H,14H2,1H3/t8-,9+/m0/s1. The second-order valence-corrected chi connectivity index (χ2v) is 3.46. The molecule has 0 fully saturated rings. The van der Waals surface area contributed by atoms with Crippen LogP contribution in [-0.4, -0.2) is 24.2 Å². The van der Waals surface area contributed by atoms with E-state index in [4.69, 9.17) is 5.73 Å². The van der Waals surface area contributed by atoms with Crippen molar-refractivity contribution in [1.82, 2.24) is 0 Å². The number of benzene rings is 1. The Balaban J connectivity index is 2.82. The quantitative estimate of drug-likeness (QED) is 0.781. The minimum Gasteiger partial charge on any atom is -0.468 e. The smallest absolute Gasteiger partial charge is 0.325 e. The number of methoxy groups -OCH3 is 1. The number of carbonyl (C=O) groups is 1. The fourth-order valence-corrected chi connectivity index (χ4v) is 1.31. The van der Waals surface area contributed by atoms with Gasteiger partial charge >= 0.3 is 5.97 Å². The summed E-state index contributed by atoms with van der Waals surface area (Å²) in [5.74, 6) is -0.768. The predicted octanol–water partition coefficient (Wildman–Crippen LogP) is 1.16. The van der Waals surface area contributed by atoms with Gasteiger partial charge in [-0.1, -0.05) is 24.3 Å². The molecule has 0 aliphatic heterocycles. The molecular weight excluding hydrogens is 232 g/mol. The average molecular weight is 245 g/mol. The highest BCUT2D eigenvalue weighted by atomic mass is 19.3. The van der Waals surface area contributed by atoms with Crippen LogP contribution in [0.25, 0.3) is 0 Å². The SMILES string of the molecule is COC(=O)[C@@H](N)[C@H](O)c1ccc(C(F)F)cc1. The summed E-state index contributed by atoms with van der Waals surface area (Å²) in [4.78, 5) is 11.1. The normalized spacial score (nSPS) is 14.5. The van der Waals surface area contributed by atoms with E-state index in [-0.39, 0.29) is 11.1 Å². The maximum atomic E-state index is 12.3. The Bertz CT molecular complexity index is 381. The van der Waals surface area contributed by atoms with Gasteiger partial charge in [-0.2, -0.15) is 0 Å². The van der Waals surface area contributed by atoms with E-state index in [1.54, 1.807) is 0 Å². The first-order valence-electron chi connectivity index (χ1n) is 4.87.